The number of nitrogens with one attached hydrogen (secondary N) is 1. The van der Waals surface area contributed by atoms with Crippen LogP contribution in [0.25, 0.3) is 0 Å². The van der Waals surface area contributed by atoms with E-state index >= 15 is 0 Å². The first-order valence-electron chi connectivity index (χ1n) is 7.25. The van der Waals surface area contributed by atoms with Crippen molar-refractivity contribution in [1.29, 1.82) is 0 Å². The molecule has 2 nitrogen and oxygen atoms in total. The quantitative estimate of drug-likeness (QED) is 0.825. The van der Waals surface area contributed by atoms with E-state index in [1.165, 1.54) is 57.8 Å². The largest absolute Gasteiger partial charge is 0.316 e. The fourth-order valence-electron chi connectivity index (χ4n) is 2.89. The van der Waals surface area contributed by atoms with E-state index in [1.807, 2.05) is 13.3 Å². The van der Waals surface area contributed by atoms with Crippen LogP contribution in [-0.2, 0) is 10.8 Å². The predicted molar refractivity (Wildman–Crippen MR) is 76.9 cm³/mol. The van der Waals surface area contributed by atoms with Gasteiger partial charge in [0, 0.05) is 28.3 Å². The normalized spacial score (nSPS) is 31.2. The maximum absolute atomic E-state index is 11.9. The van der Waals surface area contributed by atoms with Crippen molar-refractivity contribution in [3.05, 3.63) is 0 Å². The molecule has 0 aromatic heterocycles. The van der Waals surface area contributed by atoms with E-state index in [-0.39, 0.29) is 0 Å². The molecule has 3 unspecified atom stereocenters. The molecular weight excluding hydrogens is 230 g/mol. The second-order valence-electron chi connectivity index (χ2n) is 5.34. The van der Waals surface area contributed by atoms with Crippen LogP contribution < -0.4 is 5.32 Å². The summed E-state index contributed by atoms with van der Waals surface area (Å²) < 4.78 is 11.9. The van der Waals surface area contributed by atoms with Crippen LogP contribution in [0.15, 0.2) is 0 Å². The van der Waals surface area contributed by atoms with Gasteiger partial charge in [-0.05, 0) is 19.9 Å². The fraction of sp³-hybridized carbons (Fsp3) is 1.00. The minimum Gasteiger partial charge on any atom is -0.316 e. The summed E-state index contributed by atoms with van der Waals surface area (Å²) in [5.74, 6) is 0. The first-order chi connectivity index (χ1) is 8.25. The van der Waals surface area contributed by atoms with Crippen LogP contribution in [0, 0.1) is 0 Å². The molecule has 3 atom stereocenters. The van der Waals surface area contributed by atoms with Crippen LogP contribution in [0.2, 0.25) is 0 Å². The van der Waals surface area contributed by atoms with Crippen molar-refractivity contribution >= 4 is 10.8 Å². The van der Waals surface area contributed by atoms with E-state index in [0.717, 1.165) is 6.42 Å². The summed E-state index contributed by atoms with van der Waals surface area (Å²) in [5, 5.41) is 3.75. The highest BCUT2D eigenvalue weighted by Gasteiger charge is 2.22. The molecule has 0 heterocycles. The Hall–Kier alpha value is 0.110. The highest BCUT2D eigenvalue weighted by molar-refractivity contribution is 7.85. The van der Waals surface area contributed by atoms with Gasteiger partial charge in [-0.1, -0.05) is 51.4 Å². The smallest absolute Gasteiger partial charge is 0.0498 e. The van der Waals surface area contributed by atoms with Crippen molar-refractivity contribution in [3.8, 4) is 0 Å². The molecule has 17 heavy (non-hydrogen) atoms. The average Bonchev–Trinajstić information content (AvgIpc) is 2.29. The topological polar surface area (TPSA) is 29.1 Å². The third kappa shape index (κ3) is 6.01. The Bertz CT molecular complexity index is 220. The molecule has 0 bridgehead atoms. The number of hydrogen-bond donors (Lipinski definition) is 1. The lowest BCUT2D eigenvalue weighted by Crippen LogP contribution is -2.40. The van der Waals surface area contributed by atoms with Crippen LogP contribution in [-0.4, -0.2) is 28.8 Å². The van der Waals surface area contributed by atoms with Gasteiger partial charge in [-0.2, -0.15) is 0 Å². The molecule has 3 heteroatoms. The number of rotatable bonds is 2. The molecule has 0 radical (unpaired) electrons. The van der Waals surface area contributed by atoms with E-state index in [9.17, 15) is 4.21 Å². The fourth-order valence-corrected chi connectivity index (χ4v) is 4.12. The Morgan fingerprint density at radius 1 is 0.882 bits per heavy atom. The van der Waals surface area contributed by atoms with Gasteiger partial charge in [0.25, 0.3) is 0 Å². The minimum atomic E-state index is -0.687. The molecule has 1 fully saturated rings. The summed E-state index contributed by atoms with van der Waals surface area (Å²) >= 11 is 0. The van der Waals surface area contributed by atoms with Gasteiger partial charge in [0.1, 0.15) is 0 Å². The van der Waals surface area contributed by atoms with Gasteiger partial charge in [0.05, 0.1) is 0 Å². The van der Waals surface area contributed by atoms with E-state index in [2.05, 4.69) is 5.32 Å². The Morgan fingerprint density at radius 3 is 1.82 bits per heavy atom. The van der Waals surface area contributed by atoms with Gasteiger partial charge in [0.2, 0.25) is 0 Å². The van der Waals surface area contributed by atoms with Gasteiger partial charge < -0.3 is 5.32 Å². The van der Waals surface area contributed by atoms with E-state index in [0.29, 0.717) is 11.3 Å². The first kappa shape index (κ1) is 15.2. The molecule has 1 rings (SSSR count). The molecule has 0 aromatic rings. The molecule has 1 aliphatic carbocycles. The van der Waals surface area contributed by atoms with Gasteiger partial charge >= 0.3 is 0 Å². The Balaban J connectivity index is 2.51. The van der Waals surface area contributed by atoms with Crippen molar-refractivity contribution in [2.75, 3.05) is 13.3 Å². The molecule has 1 saturated carbocycles. The second-order valence-corrected chi connectivity index (χ2v) is 6.94. The summed E-state index contributed by atoms with van der Waals surface area (Å²) in [6.45, 7) is 0. The van der Waals surface area contributed by atoms with Crippen molar-refractivity contribution in [1.82, 2.24) is 5.32 Å². The van der Waals surface area contributed by atoms with E-state index < -0.39 is 10.8 Å². The van der Waals surface area contributed by atoms with Crippen LogP contribution in [0.4, 0.5) is 0 Å². The molecule has 102 valence electrons. The minimum absolute atomic E-state index is 0.361. The first-order valence-corrected chi connectivity index (χ1v) is 8.87. The third-order valence-corrected chi connectivity index (χ3v) is 5.42. The number of hydrogen-bond acceptors (Lipinski definition) is 2. The summed E-state index contributed by atoms with van der Waals surface area (Å²) in [5.41, 5.74) is 0. The molecule has 0 saturated heterocycles. The summed E-state index contributed by atoms with van der Waals surface area (Å²) in [6, 6.07) is 0.459. The highest BCUT2D eigenvalue weighted by atomic mass is 32.2. The van der Waals surface area contributed by atoms with Gasteiger partial charge in [-0.3, -0.25) is 4.21 Å². The maximum Gasteiger partial charge on any atom is 0.0498 e. The van der Waals surface area contributed by atoms with Crippen molar-refractivity contribution in [2.45, 2.75) is 75.5 Å². The third-order valence-electron chi connectivity index (χ3n) is 4.00. The standard InChI is InChI=1S/C14H29NOS/c1-15-13-11-9-7-5-3-4-6-8-10-12-14(13)17(2)16/h13-15H,3-12H2,1-2H3. The Kier molecular flexibility index (Phi) is 8.12. The highest BCUT2D eigenvalue weighted by Crippen LogP contribution is 2.20. The van der Waals surface area contributed by atoms with Gasteiger partial charge in [0.15, 0.2) is 0 Å². The lowest BCUT2D eigenvalue weighted by Gasteiger charge is -2.25. The van der Waals surface area contributed by atoms with Gasteiger partial charge in [-0.15, -0.1) is 0 Å². The van der Waals surface area contributed by atoms with Crippen molar-refractivity contribution in [2.24, 2.45) is 0 Å². The molecule has 0 amide bonds. The van der Waals surface area contributed by atoms with E-state index in [1.54, 1.807) is 0 Å². The average molecular weight is 259 g/mol. The summed E-state index contributed by atoms with van der Waals surface area (Å²) in [7, 11) is 1.34. The lowest BCUT2D eigenvalue weighted by atomic mass is 9.97. The molecule has 0 aromatic carbocycles. The van der Waals surface area contributed by atoms with Crippen LogP contribution >= 0.6 is 0 Å². The molecule has 1 N–H and O–H groups in total. The van der Waals surface area contributed by atoms with Crippen molar-refractivity contribution < 1.29 is 4.21 Å². The lowest BCUT2D eigenvalue weighted by molar-refractivity contribution is 0.429. The molecular formula is C14H29NOS. The van der Waals surface area contributed by atoms with Crippen molar-refractivity contribution in [3.63, 3.8) is 0 Å². The SMILES string of the molecule is CNC1CCCCCCCCCCC1S(C)=O. The summed E-state index contributed by atoms with van der Waals surface area (Å²) in [6.07, 6.45) is 15.0. The van der Waals surface area contributed by atoms with Crippen LogP contribution in [0.5, 0.6) is 0 Å². The zero-order valence-electron chi connectivity index (χ0n) is 11.5. The predicted octanol–water partition coefficient (Wildman–Crippen LogP) is 3.24. The van der Waals surface area contributed by atoms with Crippen LogP contribution in [0.1, 0.15) is 64.2 Å². The maximum atomic E-state index is 11.9. The monoisotopic (exact) mass is 259 g/mol. The second kappa shape index (κ2) is 9.09. The zero-order valence-corrected chi connectivity index (χ0v) is 12.4. The van der Waals surface area contributed by atoms with Crippen LogP contribution in [0.3, 0.4) is 0 Å². The molecule has 1 aliphatic rings. The zero-order chi connectivity index (χ0) is 12.5. The van der Waals surface area contributed by atoms with Gasteiger partial charge in [-0.25, -0.2) is 0 Å². The Labute approximate surface area is 109 Å². The summed E-state index contributed by atoms with van der Waals surface area (Å²) in [4.78, 5) is 0. The Morgan fingerprint density at radius 2 is 1.35 bits per heavy atom. The molecule has 0 spiro atoms. The van der Waals surface area contributed by atoms with E-state index in [4.69, 9.17) is 0 Å². The molecule has 0 aliphatic heterocycles.